The summed E-state index contributed by atoms with van der Waals surface area (Å²) in [6, 6.07) is 14.3. The number of hydrogen-bond acceptors (Lipinski definition) is 4. The summed E-state index contributed by atoms with van der Waals surface area (Å²) >= 11 is 1.85. The molecule has 1 saturated heterocycles. The van der Waals surface area contributed by atoms with Gasteiger partial charge in [-0.3, -0.25) is 9.89 Å². The normalized spacial score (nSPS) is 15.7. The van der Waals surface area contributed by atoms with Crippen molar-refractivity contribution in [1.29, 1.82) is 0 Å². The lowest BCUT2D eigenvalue weighted by molar-refractivity contribution is 0.179. The molecule has 0 spiro atoms. The highest BCUT2D eigenvalue weighted by molar-refractivity contribution is 14.0. The van der Waals surface area contributed by atoms with Gasteiger partial charge in [0.15, 0.2) is 5.96 Å². The summed E-state index contributed by atoms with van der Waals surface area (Å²) in [6.07, 6.45) is 2.49. The monoisotopic (exact) mass is 514 g/mol. The van der Waals surface area contributed by atoms with Gasteiger partial charge in [0.2, 0.25) is 0 Å². The molecular weight excluding hydrogens is 483 g/mol. The maximum atomic E-state index is 5.70. The fourth-order valence-corrected chi connectivity index (χ4v) is 4.03. The van der Waals surface area contributed by atoms with Gasteiger partial charge in [-0.2, -0.15) is 0 Å². The van der Waals surface area contributed by atoms with E-state index in [4.69, 9.17) is 4.74 Å². The van der Waals surface area contributed by atoms with Crippen LogP contribution in [0.4, 0.5) is 0 Å². The molecule has 3 rings (SSSR count). The number of thiophene rings is 1. The zero-order valence-electron chi connectivity index (χ0n) is 16.5. The van der Waals surface area contributed by atoms with Gasteiger partial charge in [-0.15, -0.1) is 35.3 Å². The van der Waals surface area contributed by atoms with E-state index in [0.717, 1.165) is 31.3 Å². The van der Waals surface area contributed by atoms with Crippen LogP contribution in [0, 0.1) is 5.92 Å². The number of ether oxygens (including phenoxy) is 1. The Labute approximate surface area is 189 Å². The Morgan fingerprint density at radius 3 is 2.61 bits per heavy atom. The number of likely N-dealkylation sites (tertiary alicyclic amines) is 1. The first-order valence-corrected chi connectivity index (χ1v) is 10.6. The second-order valence-electron chi connectivity index (χ2n) is 6.84. The molecule has 2 N–H and O–H groups in total. The number of rotatable bonds is 8. The van der Waals surface area contributed by atoms with Crippen molar-refractivity contribution in [1.82, 2.24) is 15.5 Å². The molecule has 0 bridgehead atoms. The Morgan fingerprint density at radius 2 is 1.93 bits per heavy atom. The van der Waals surface area contributed by atoms with E-state index in [1.54, 1.807) is 0 Å². The molecular formula is C21H31IN4OS. The van der Waals surface area contributed by atoms with Gasteiger partial charge in [-0.25, -0.2) is 0 Å². The highest BCUT2D eigenvalue weighted by atomic mass is 127. The zero-order chi connectivity index (χ0) is 18.7. The molecule has 5 nitrogen and oxygen atoms in total. The molecule has 2 heterocycles. The molecule has 1 fully saturated rings. The molecule has 2 aromatic rings. The van der Waals surface area contributed by atoms with Gasteiger partial charge in [-0.1, -0.05) is 24.3 Å². The molecule has 0 unspecified atom stereocenters. The average Bonchev–Trinajstić information content (AvgIpc) is 3.22. The van der Waals surface area contributed by atoms with Crippen LogP contribution >= 0.6 is 35.3 Å². The van der Waals surface area contributed by atoms with Crippen LogP contribution in [0.25, 0.3) is 0 Å². The number of aliphatic imine (C=N–C) groups is 1. The van der Waals surface area contributed by atoms with E-state index in [1.807, 2.05) is 48.7 Å². The second-order valence-corrected chi connectivity index (χ2v) is 7.87. The minimum absolute atomic E-state index is 0. The molecule has 1 aromatic heterocycles. The highest BCUT2D eigenvalue weighted by Gasteiger charge is 2.19. The fraction of sp³-hybridized carbons (Fsp3) is 0.476. The summed E-state index contributed by atoms with van der Waals surface area (Å²) in [5, 5.41) is 8.95. The summed E-state index contributed by atoms with van der Waals surface area (Å²) in [7, 11) is 1.82. The Kier molecular flexibility index (Phi) is 10.7. The minimum Gasteiger partial charge on any atom is -0.492 e. The van der Waals surface area contributed by atoms with Crippen LogP contribution in [0.15, 0.2) is 52.8 Å². The van der Waals surface area contributed by atoms with Crippen molar-refractivity contribution in [2.45, 2.75) is 19.4 Å². The van der Waals surface area contributed by atoms with Gasteiger partial charge in [0.05, 0.1) is 6.54 Å². The fourth-order valence-electron chi connectivity index (χ4n) is 3.29. The molecule has 0 radical (unpaired) electrons. The van der Waals surface area contributed by atoms with Crippen molar-refractivity contribution < 1.29 is 4.74 Å². The van der Waals surface area contributed by atoms with Gasteiger partial charge in [0.25, 0.3) is 0 Å². The standard InChI is InChI=1S/C21H30N4OS.HI/c1-22-21(23-11-14-26-19-6-3-2-4-7-19)24-16-18-9-12-25(13-10-18)17-20-8-5-15-27-20;/h2-8,15,18H,9-14,16-17H2,1H3,(H2,22,23,24);1H. The Hall–Kier alpha value is -1.32. The largest absolute Gasteiger partial charge is 0.492 e. The molecule has 154 valence electrons. The molecule has 0 aliphatic carbocycles. The number of hydrogen-bond donors (Lipinski definition) is 2. The van der Waals surface area contributed by atoms with E-state index in [1.165, 1.54) is 30.8 Å². The van der Waals surface area contributed by atoms with Crippen molar-refractivity contribution in [3.8, 4) is 5.75 Å². The van der Waals surface area contributed by atoms with Gasteiger partial charge < -0.3 is 15.4 Å². The molecule has 1 aliphatic rings. The van der Waals surface area contributed by atoms with Crippen molar-refractivity contribution >= 4 is 41.3 Å². The first-order valence-electron chi connectivity index (χ1n) is 9.70. The lowest BCUT2D eigenvalue weighted by Crippen LogP contribution is -2.43. The van der Waals surface area contributed by atoms with Gasteiger partial charge in [-0.05, 0) is 55.4 Å². The quantitative estimate of drug-likeness (QED) is 0.244. The van der Waals surface area contributed by atoms with Crippen LogP contribution in [0.5, 0.6) is 5.75 Å². The van der Waals surface area contributed by atoms with Crippen LogP contribution in [-0.4, -0.2) is 50.7 Å². The topological polar surface area (TPSA) is 48.9 Å². The molecule has 1 aliphatic heterocycles. The zero-order valence-corrected chi connectivity index (χ0v) is 19.6. The Balaban J connectivity index is 0.00000280. The minimum atomic E-state index is 0. The summed E-state index contributed by atoms with van der Waals surface area (Å²) < 4.78 is 5.70. The van der Waals surface area contributed by atoms with Crippen LogP contribution in [0.2, 0.25) is 0 Å². The Morgan fingerprint density at radius 1 is 1.14 bits per heavy atom. The number of para-hydroxylation sites is 1. The SMILES string of the molecule is CN=C(NCCOc1ccccc1)NCC1CCN(Cc2cccs2)CC1.I. The summed E-state index contributed by atoms with van der Waals surface area (Å²) in [6.45, 7) is 5.79. The summed E-state index contributed by atoms with van der Waals surface area (Å²) in [5.74, 6) is 2.47. The number of piperidine rings is 1. The van der Waals surface area contributed by atoms with E-state index < -0.39 is 0 Å². The van der Waals surface area contributed by atoms with E-state index in [-0.39, 0.29) is 24.0 Å². The van der Waals surface area contributed by atoms with E-state index in [2.05, 4.69) is 38.0 Å². The number of halogens is 1. The number of benzene rings is 1. The maximum absolute atomic E-state index is 5.70. The predicted molar refractivity (Wildman–Crippen MR) is 129 cm³/mol. The first-order chi connectivity index (χ1) is 13.3. The molecule has 1 aromatic carbocycles. The van der Waals surface area contributed by atoms with Gasteiger partial charge in [0.1, 0.15) is 12.4 Å². The van der Waals surface area contributed by atoms with Crippen molar-refractivity contribution in [3.05, 3.63) is 52.7 Å². The van der Waals surface area contributed by atoms with Crippen LogP contribution in [0.1, 0.15) is 17.7 Å². The van der Waals surface area contributed by atoms with Crippen LogP contribution in [-0.2, 0) is 6.54 Å². The van der Waals surface area contributed by atoms with Crippen LogP contribution in [0.3, 0.4) is 0 Å². The smallest absolute Gasteiger partial charge is 0.191 e. The predicted octanol–water partition coefficient (Wildman–Crippen LogP) is 3.82. The van der Waals surface area contributed by atoms with Crippen molar-refractivity contribution in [2.75, 3.05) is 39.8 Å². The molecule has 7 heteroatoms. The molecule has 0 atom stereocenters. The van der Waals surface area contributed by atoms with Gasteiger partial charge in [0, 0.05) is 25.0 Å². The Bertz CT molecular complexity index is 673. The lowest BCUT2D eigenvalue weighted by Gasteiger charge is -2.32. The van der Waals surface area contributed by atoms with E-state index in [9.17, 15) is 0 Å². The number of nitrogens with zero attached hydrogens (tertiary/aromatic N) is 2. The van der Waals surface area contributed by atoms with Crippen molar-refractivity contribution in [2.24, 2.45) is 10.9 Å². The maximum Gasteiger partial charge on any atom is 0.191 e. The average molecular weight is 514 g/mol. The van der Waals surface area contributed by atoms with Crippen LogP contribution < -0.4 is 15.4 Å². The second kappa shape index (κ2) is 13.0. The third-order valence-electron chi connectivity index (χ3n) is 4.85. The first kappa shape index (κ1) is 23.0. The molecule has 0 saturated carbocycles. The number of guanidine groups is 1. The van der Waals surface area contributed by atoms with Crippen molar-refractivity contribution in [3.63, 3.8) is 0 Å². The van der Waals surface area contributed by atoms with Gasteiger partial charge >= 0.3 is 0 Å². The van der Waals surface area contributed by atoms with E-state index >= 15 is 0 Å². The lowest BCUT2D eigenvalue weighted by atomic mass is 9.97. The molecule has 28 heavy (non-hydrogen) atoms. The third-order valence-corrected chi connectivity index (χ3v) is 5.72. The summed E-state index contributed by atoms with van der Waals surface area (Å²) in [5.41, 5.74) is 0. The summed E-state index contributed by atoms with van der Waals surface area (Å²) in [4.78, 5) is 8.34. The highest BCUT2D eigenvalue weighted by Crippen LogP contribution is 2.20. The third kappa shape index (κ3) is 7.97. The number of nitrogens with one attached hydrogen (secondary N) is 2. The molecule has 0 amide bonds. The van der Waals surface area contributed by atoms with E-state index in [0.29, 0.717) is 12.5 Å².